The van der Waals surface area contributed by atoms with Crippen molar-refractivity contribution in [3.63, 3.8) is 0 Å². The summed E-state index contributed by atoms with van der Waals surface area (Å²) in [5.74, 6) is 1.25. The fourth-order valence-corrected chi connectivity index (χ4v) is 1.74. The van der Waals surface area contributed by atoms with Gasteiger partial charge in [-0.25, -0.2) is 0 Å². The fraction of sp³-hybridized carbons (Fsp3) is 0.923. The van der Waals surface area contributed by atoms with Crippen molar-refractivity contribution in [2.24, 2.45) is 17.6 Å². The summed E-state index contributed by atoms with van der Waals surface area (Å²) < 4.78 is 5.50. The Morgan fingerprint density at radius 3 is 2.65 bits per heavy atom. The molecule has 0 bridgehead atoms. The standard InChI is InChI=1S/C13H26N2O2/c1-10(2)8-12(14)13(16)15(3)6-7-17-9-11-4-5-11/h10-12H,4-9,14H2,1-3H3. The molecule has 4 nitrogen and oxygen atoms in total. The van der Waals surface area contributed by atoms with Crippen molar-refractivity contribution in [2.75, 3.05) is 26.8 Å². The van der Waals surface area contributed by atoms with Gasteiger partial charge in [-0.1, -0.05) is 13.8 Å². The van der Waals surface area contributed by atoms with E-state index in [2.05, 4.69) is 13.8 Å². The molecule has 0 aromatic carbocycles. The van der Waals surface area contributed by atoms with Gasteiger partial charge in [-0.15, -0.1) is 0 Å². The lowest BCUT2D eigenvalue weighted by molar-refractivity contribution is -0.132. The van der Waals surface area contributed by atoms with Crippen LogP contribution in [0.15, 0.2) is 0 Å². The zero-order valence-electron chi connectivity index (χ0n) is 11.3. The van der Waals surface area contributed by atoms with Crippen LogP contribution in [0, 0.1) is 11.8 Å². The van der Waals surface area contributed by atoms with E-state index in [1.165, 1.54) is 12.8 Å². The minimum atomic E-state index is -0.372. The van der Waals surface area contributed by atoms with E-state index in [0.717, 1.165) is 18.9 Å². The summed E-state index contributed by atoms with van der Waals surface area (Å²) in [7, 11) is 1.79. The van der Waals surface area contributed by atoms with Crippen LogP contribution in [0.25, 0.3) is 0 Å². The van der Waals surface area contributed by atoms with Crippen molar-refractivity contribution in [3.05, 3.63) is 0 Å². The molecule has 100 valence electrons. The molecule has 0 heterocycles. The number of nitrogens with zero attached hydrogens (tertiary/aromatic N) is 1. The molecule has 1 rings (SSSR count). The largest absolute Gasteiger partial charge is 0.379 e. The molecule has 17 heavy (non-hydrogen) atoms. The van der Waals surface area contributed by atoms with Crippen LogP contribution in [0.4, 0.5) is 0 Å². The third-order valence-electron chi connectivity index (χ3n) is 3.04. The molecule has 0 aromatic heterocycles. The predicted molar refractivity (Wildman–Crippen MR) is 68.6 cm³/mol. The van der Waals surface area contributed by atoms with Crippen molar-refractivity contribution in [3.8, 4) is 0 Å². The number of hydrogen-bond donors (Lipinski definition) is 1. The van der Waals surface area contributed by atoms with E-state index >= 15 is 0 Å². The van der Waals surface area contributed by atoms with Crippen LogP contribution >= 0.6 is 0 Å². The van der Waals surface area contributed by atoms with Gasteiger partial charge in [0.1, 0.15) is 0 Å². The van der Waals surface area contributed by atoms with E-state index < -0.39 is 0 Å². The normalized spacial score (nSPS) is 17.2. The quantitative estimate of drug-likeness (QED) is 0.652. The molecule has 0 aliphatic heterocycles. The van der Waals surface area contributed by atoms with Crippen molar-refractivity contribution in [1.82, 2.24) is 4.90 Å². The monoisotopic (exact) mass is 242 g/mol. The van der Waals surface area contributed by atoms with E-state index in [0.29, 0.717) is 19.1 Å². The number of likely N-dealkylation sites (N-methyl/N-ethyl adjacent to an activating group) is 1. The van der Waals surface area contributed by atoms with E-state index in [1.807, 2.05) is 0 Å². The molecule has 4 heteroatoms. The molecule has 0 aromatic rings. The summed E-state index contributed by atoms with van der Waals surface area (Å²) in [5.41, 5.74) is 5.85. The van der Waals surface area contributed by atoms with Gasteiger partial charge in [-0.2, -0.15) is 0 Å². The second-order valence-corrected chi connectivity index (χ2v) is 5.51. The first kappa shape index (κ1) is 14.5. The van der Waals surface area contributed by atoms with Gasteiger partial charge < -0.3 is 15.4 Å². The molecule has 1 fully saturated rings. The summed E-state index contributed by atoms with van der Waals surface area (Å²) in [5, 5.41) is 0. The van der Waals surface area contributed by atoms with Crippen LogP contribution in [-0.2, 0) is 9.53 Å². The summed E-state index contributed by atoms with van der Waals surface area (Å²) in [6.45, 7) is 6.25. The summed E-state index contributed by atoms with van der Waals surface area (Å²) in [6, 6.07) is -0.372. The number of nitrogens with two attached hydrogens (primary N) is 1. The average molecular weight is 242 g/mol. The molecule has 1 unspecified atom stereocenters. The minimum absolute atomic E-state index is 0.0220. The number of amides is 1. The van der Waals surface area contributed by atoms with E-state index in [9.17, 15) is 4.79 Å². The number of carbonyl (C=O) groups is 1. The van der Waals surface area contributed by atoms with Crippen molar-refractivity contribution in [2.45, 2.75) is 39.2 Å². The first-order valence-corrected chi connectivity index (χ1v) is 6.59. The Balaban J connectivity index is 2.11. The first-order valence-electron chi connectivity index (χ1n) is 6.59. The van der Waals surface area contributed by atoms with Crippen LogP contribution in [0.1, 0.15) is 33.1 Å². The highest BCUT2D eigenvalue weighted by Crippen LogP contribution is 2.28. The number of carbonyl (C=O) groups excluding carboxylic acids is 1. The van der Waals surface area contributed by atoms with Gasteiger partial charge in [0.2, 0.25) is 5.91 Å². The van der Waals surface area contributed by atoms with Gasteiger partial charge >= 0.3 is 0 Å². The molecule has 1 aliphatic carbocycles. The highest BCUT2D eigenvalue weighted by molar-refractivity contribution is 5.81. The fourth-order valence-electron chi connectivity index (χ4n) is 1.74. The lowest BCUT2D eigenvalue weighted by atomic mass is 10.0. The third kappa shape index (κ3) is 6.03. The van der Waals surface area contributed by atoms with Crippen LogP contribution in [0.2, 0.25) is 0 Å². The maximum atomic E-state index is 11.9. The summed E-state index contributed by atoms with van der Waals surface area (Å²) in [4.78, 5) is 13.5. The maximum Gasteiger partial charge on any atom is 0.239 e. The zero-order chi connectivity index (χ0) is 12.8. The molecular weight excluding hydrogens is 216 g/mol. The van der Waals surface area contributed by atoms with Crippen LogP contribution < -0.4 is 5.73 Å². The zero-order valence-corrected chi connectivity index (χ0v) is 11.3. The predicted octanol–water partition coefficient (Wildman–Crippen LogP) is 1.24. The van der Waals surface area contributed by atoms with Crippen LogP contribution in [0.3, 0.4) is 0 Å². The lowest BCUT2D eigenvalue weighted by Gasteiger charge is -2.22. The molecule has 0 radical (unpaired) electrons. The van der Waals surface area contributed by atoms with E-state index in [-0.39, 0.29) is 11.9 Å². The summed E-state index contributed by atoms with van der Waals surface area (Å²) >= 11 is 0. The molecule has 1 saturated carbocycles. The Labute approximate surface area is 104 Å². The number of rotatable bonds is 8. The highest BCUT2D eigenvalue weighted by Gasteiger charge is 2.22. The first-order chi connectivity index (χ1) is 8.00. The second-order valence-electron chi connectivity index (χ2n) is 5.51. The average Bonchev–Trinajstić information content (AvgIpc) is 3.05. The molecule has 0 spiro atoms. The number of ether oxygens (including phenoxy) is 1. The van der Waals surface area contributed by atoms with Gasteiger partial charge in [0.05, 0.1) is 12.6 Å². The van der Waals surface area contributed by atoms with Crippen LogP contribution in [-0.4, -0.2) is 43.7 Å². The van der Waals surface area contributed by atoms with Crippen molar-refractivity contribution >= 4 is 5.91 Å². The lowest BCUT2D eigenvalue weighted by Crippen LogP contribution is -2.43. The summed E-state index contributed by atoms with van der Waals surface area (Å²) in [6.07, 6.45) is 3.34. The molecule has 2 N–H and O–H groups in total. The molecular formula is C13H26N2O2. The second kappa shape index (κ2) is 6.97. The van der Waals surface area contributed by atoms with E-state index in [4.69, 9.17) is 10.5 Å². The van der Waals surface area contributed by atoms with Gasteiger partial charge in [0.15, 0.2) is 0 Å². The minimum Gasteiger partial charge on any atom is -0.379 e. The SMILES string of the molecule is CC(C)CC(N)C(=O)N(C)CCOCC1CC1. The van der Waals surface area contributed by atoms with Gasteiger partial charge in [-0.05, 0) is 31.1 Å². The van der Waals surface area contributed by atoms with Gasteiger partial charge in [0.25, 0.3) is 0 Å². The maximum absolute atomic E-state index is 11.9. The Morgan fingerprint density at radius 1 is 1.47 bits per heavy atom. The topological polar surface area (TPSA) is 55.6 Å². The molecule has 1 atom stereocenters. The Hall–Kier alpha value is -0.610. The third-order valence-corrected chi connectivity index (χ3v) is 3.04. The smallest absolute Gasteiger partial charge is 0.239 e. The van der Waals surface area contributed by atoms with Crippen LogP contribution in [0.5, 0.6) is 0 Å². The Bertz CT molecular complexity index is 240. The number of hydrogen-bond acceptors (Lipinski definition) is 3. The van der Waals surface area contributed by atoms with Gasteiger partial charge in [0, 0.05) is 20.2 Å². The van der Waals surface area contributed by atoms with E-state index in [1.54, 1.807) is 11.9 Å². The molecule has 1 aliphatic rings. The highest BCUT2D eigenvalue weighted by atomic mass is 16.5. The Morgan fingerprint density at radius 2 is 2.12 bits per heavy atom. The van der Waals surface area contributed by atoms with Gasteiger partial charge in [-0.3, -0.25) is 4.79 Å². The Kier molecular flexibility index (Phi) is 5.92. The molecule has 0 saturated heterocycles. The molecule has 1 amide bonds. The van der Waals surface area contributed by atoms with Crippen molar-refractivity contribution in [1.29, 1.82) is 0 Å². The van der Waals surface area contributed by atoms with Crippen molar-refractivity contribution < 1.29 is 9.53 Å².